The smallest absolute Gasteiger partial charge is 0.302 e. The van der Waals surface area contributed by atoms with Gasteiger partial charge in [0.25, 0.3) is 10.0 Å². The van der Waals surface area contributed by atoms with Gasteiger partial charge in [0.15, 0.2) is 0 Å². The third-order valence-corrected chi connectivity index (χ3v) is 11.5. The van der Waals surface area contributed by atoms with Gasteiger partial charge in [0.1, 0.15) is 6.10 Å². The minimum atomic E-state index is -3.67. The third-order valence-electron chi connectivity index (χ3n) is 10.3. The van der Waals surface area contributed by atoms with E-state index in [1.807, 2.05) is 19.1 Å². The molecule has 1 aromatic rings. The number of carbonyl (C=O) groups excluding carboxylic acids is 1. The van der Waals surface area contributed by atoms with Gasteiger partial charge in [0.05, 0.1) is 4.90 Å². The van der Waals surface area contributed by atoms with Gasteiger partial charge >= 0.3 is 5.97 Å². The molecule has 0 spiro atoms. The number of fused-ring (bicyclic) bond motifs is 5. The van der Waals surface area contributed by atoms with Crippen molar-refractivity contribution in [1.82, 2.24) is 4.83 Å². The second kappa shape index (κ2) is 8.89. The van der Waals surface area contributed by atoms with Crippen LogP contribution in [0.5, 0.6) is 0 Å². The fourth-order valence-electron chi connectivity index (χ4n) is 8.42. The Labute approximate surface area is 210 Å². The van der Waals surface area contributed by atoms with E-state index in [9.17, 15) is 13.2 Å². The number of rotatable bonds is 4. The zero-order valence-electron chi connectivity index (χ0n) is 21.5. The number of hydrogen-bond donors (Lipinski definition) is 1. The molecule has 5 rings (SSSR count). The van der Waals surface area contributed by atoms with Crippen molar-refractivity contribution in [3.63, 3.8) is 0 Å². The summed E-state index contributed by atoms with van der Waals surface area (Å²) in [6.07, 6.45) is 9.84. The maximum Gasteiger partial charge on any atom is 0.302 e. The van der Waals surface area contributed by atoms with Crippen LogP contribution in [0.1, 0.15) is 84.1 Å². The van der Waals surface area contributed by atoms with E-state index in [4.69, 9.17) is 4.74 Å². The van der Waals surface area contributed by atoms with Crippen molar-refractivity contribution >= 4 is 21.7 Å². The Balaban J connectivity index is 1.31. The lowest BCUT2D eigenvalue weighted by molar-refractivity contribution is -0.158. The first kappa shape index (κ1) is 24.8. The Hall–Kier alpha value is -1.89. The SMILES string of the molecule is CC(=O)O[C@@H]1CC[C@@]2(C)[C@H](CC[C@@H]3[C@@H]2CC[C@]2(C)/C(=N\NS(=O)(=O)c4ccc(C)cc4)CC[C@@H]32)C1. The highest BCUT2D eigenvalue weighted by Crippen LogP contribution is 2.65. The molecule has 0 saturated heterocycles. The van der Waals surface area contributed by atoms with Crippen LogP contribution in [-0.4, -0.2) is 26.2 Å². The molecule has 4 aliphatic carbocycles. The zero-order valence-corrected chi connectivity index (χ0v) is 22.4. The average Bonchev–Trinajstić information content (AvgIpc) is 3.14. The first-order valence-corrected chi connectivity index (χ1v) is 14.8. The molecule has 35 heavy (non-hydrogen) atoms. The van der Waals surface area contributed by atoms with Gasteiger partial charge in [-0.1, -0.05) is 31.5 Å². The molecule has 0 unspecified atom stereocenters. The number of nitrogens with one attached hydrogen (secondary N) is 1. The van der Waals surface area contributed by atoms with Crippen LogP contribution >= 0.6 is 0 Å². The first-order valence-electron chi connectivity index (χ1n) is 13.4. The molecule has 7 heteroatoms. The maximum absolute atomic E-state index is 12.8. The molecule has 0 radical (unpaired) electrons. The first-order chi connectivity index (χ1) is 16.5. The summed E-state index contributed by atoms with van der Waals surface area (Å²) in [6.45, 7) is 8.29. The van der Waals surface area contributed by atoms with Gasteiger partial charge in [-0.3, -0.25) is 4.79 Å². The Bertz CT molecular complexity index is 1110. The van der Waals surface area contributed by atoms with Crippen LogP contribution in [0.4, 0.5) is 0 Å². The maximum atomic E-state index is 12.8. The number of hydrazone groups is 1. The molecular formula is C28H40N2O4S. The van der Waals surface area contributed by atoms with Gasteiger partial charge in [-0.15, -0.1) is 0 Å². The van der Waals surface area contributed by atoms with Gasteiger partial charge in [0, 0.05) is 18.1 Å². The lowest BCUT2D eigenvalue weighted by Crippen LogP contribution is -2.54. The zero-order chi connectivity index (χ0) is 25.0. The van der Waals surface area contributed by atoms with Crippen molar-refractivity contribution in [2.75, 3.05) is 0 Å². The van der Waals surface area contributed by atoms with E-state index >= 15 is 0 Å². The molecule has 4 saturated carbocycles. The van der Waals surface area contributed by atoms with Crippen LogP contribution in [0.25, 0.3) is 0 Å². The van der Waals surface area contributed by atoms with Crippen molar-refractivity contribution in [1.29, 1.82) is 0 Å². The lowest BCUT2D eigenvalue weighted by atomic mass is 9.45. The van der Waals surface area contributed by atoms with E-state index in [-0.39, 0.29) is 22.4 Å². The summed E-state index contributed by atoms with van der Waals surface area (Å²) in [5, 5.41) is 4.55. The van der Waals surface area contributed by atoms with E-state index in [0.717, 1.165) is 49.8 Å². The van der Waals surface area contributed by atoms with Crippen LogP contribution < -0.4 is 4.83 Å². The van der Waals surface area contributed by atoms with E-state index in [2.05, 4.69) is 23.8 Å². The molecule has 0 heterocycles. The molecule has 6 nitrogen and oxygen atoms in total. The molecule has 192 valence electrons. The fraction of sp³-hybridized carbons (Fsp3) is 0.714. The molecule has 0 aromatic heterocycles. The minimum absolute atomic E-state index is 0.0326. The normalized spacial score (nSPS) is 39.9. The second-order valence-corrected chi connectivity index (χ2v) is 13.8. The number of benzene rings is 1. The molecule has 0 bridgehead atoms. The molecule has 1 N–H and O–H groups in total. The van der Waals surface area contributed by atoms with Crippen LogP contribution in [0.3, 0.4) is 0 Å². The van der Waals surface area contributed by atoms with Crippen molar-refractivity contribution in [2.45, 2.75) is 96.5 Å². The number of esters is 1. The standard InChI is InChI=1S/C28H40N2O4S/c1-18-5-8-22(9-6-18)35(32,33)30-29-26-12-11-24-23-10-7-20-17-21(34-19(2)31)13-15-27(20,3)25(23)14-16-28(24,26)4/h5-6,8-9,20-21,23-25,30H,7,10-17H2,1-4H3/b29-26-/t20-,21-,23+,24+,25+,27+,28+/m1/s1. The summed E-state index contributed by atoms with van der Waals surface area (Å²) < 4.78 is 31.3. The van der Waals surface area contributed by atoms with Gasteiger partial charge in [-0.2, -0.15) is 13.5 Å². The monoisotopic (exact) mass is 500 g/mol. The van der Waals surface area contributed by atoms with Crippen molar-refractivity contribution in [3.05, 3.63) is 29.8 Å². The number of carbonyl (C=O) groups is 1. The Morgan fingerprint density at radius 2 is 1.77 bits per heavy atom. The van der Waals surface area contributed by atoms with E-state index < -0.39 is 10.0 Å². The molecule has 4 fully saturated rings. The van der Waals surface area contributed by atoms with Gasteiger partial charge in [-0.25, -0.2) is 4.83 Å². The van der Waals surface area contributed by atoms with Crippen molar-refractivity contribution in [2.24, 2.45) is 39.6 Å². The summed E-state index contributed by atoms with van der Waals surface area (Å²) in [6, 6.07) is 6.90. The summed E-state index contributed by atoms with van der Waals surface area (Å²) >= 11 is 0. The minimum Gasteiger partial charge on any atom is -0.463 e. The summed E-state index contributed by atoms with van der Waals surface area (Å²) in [5.74, 6) is 2.40. The summed E-state index contributed by atoms with van der Waals surface area (Å²) in [4.78, 5) is 14.3. The van der Waals surface area contributed by atoms with Crippen LogP contribution in [0.2, 0.25) is 0 Å². The predicted molar refractivity (Wildman–Crippen MR) is 136 cm³/mol. The van der Waals surface area contributed by atoms with Crippen molar-refractivity contribution in [3.8, 4) is 0 Å². The average molecular weight is 501 g/mol. The highest BCUT2D eigenvalue weighted by atomic mass is 32.2. The molecule has 4 aliphatic rings. The van der Waals surface area contributed by atoms with Gasteiger partial charge in [-0.05, 0) is 106 Å². The molecule has 0 amide bonds. The Morgan fingerprint density at radius 1 is 1.03 bits per heavy atom. The van der Waals surface area contributed by atoms with Gasteiger partial charge < -0.3 is 4.74 Å². The van der Waals surface area contributed by atoms with E-state index in [1.54, 1.807) is 12.1 Å². The summed E-state index contributed by atoms with van der Waals surface area (Å²) in [5.41, 5.74) is 2.34. The largest absolute Gasteiger partial charge is 0.463 e. The topological polar surface area (TPSA) is 84.8 Å². The highest BCUT2D eigenvalue weighted by Gasteiger charge is 2.59. The number of sulfonamides is 1. The Kier molecular flexibility index (Phi) is 6.30. The summed E-state index contributed by atoms with van der Waals surface area (Å²) in [7, 11) is -3.67. The molecule has 1 aromatic carbocycles. The number of nitrogens with zero attached hydrogens (tertiary/aromatic N) is 1. The van der Waals surface area contributed by atoms with Crippen LogP contribution in [-0.2, 0) is 19.6 Å². The number of aryl methyl sites for hydroxylation is 1. The number of hydrogen-bond acceptors (Lipinski definition) is 5. The van der Waals surface area contributed by atoms with E-state index in [1.165, 1.54) is 26.2 Å². The molecule has 0 aliphatic heterocycles. The van der Waals surface area contributed by atoms with E-state index in [0.29, 0.717) is 29.1 Å². The predicted octanol–water partition coefficient (Wildman–Crippen LogP) is 5.60. The lowest BCUT2D eigenvalue weighted by Gasteiger charge is -2.60. The molecule has 7 atom stereocenters. The second-order valence-electron chi connectivity index (χ2n) is 12.1. The fourth-order valence-corrected chi connectivity index (χ4v) is 9.25. The van der Waals surface area contributed by atoms with Gasteiger partial charge in [0.2, 0.25) is 0 Å². The quantitative estimate of drug-likeness (QED) is 0.431. The third kappa shape index (κ3) is 4.32. The Morgan fingerprint density at radius 3 is 2.49 bits per heavy atom. The van der Waals surface area contributed by atoms with Crippen LogP contribution in [0, 0.1) is 41.4 Å². The molecular weight excluding hydrogens is 460 g/mol. The number of ether oxygens (including phenoxy) is 1. The van der Waals surface area contributed by atoms with Crippen LogP contribution in [0.15, 0.2) is 34.3 Å². The van der Waals surface area contributed by atoms with Crippen molar-refractivity contribution < 1.29 is 17.9 Å². The highest BCUT2D eigenvalue weighted by molar-refractivity contribution is 7.89.